The SMILES string of the molecule is OC/C(=C(\CC1CCCCC1)C1CCCCC1)C1CCCCC1. The van der Waals surface area contributed by atoms with Gasteiger partial charge in [-0.25, -0.2) is 0 Å². The average molecular weight is 319 g/mol. The van der Waals surface area contributed by atoms with Gasteiger partial charge in [0, 0.05) is 0 Å². The Balaban J connectivity index is 1.79. The molecule has 0 unspecified atom stereocenters. The second kappa shape index (κ2) is 9.25. The molecule has 0 radical (unpaired) electrons. The molecule has 132 valence electrons. The molecule has 0 aromatic carbocycles. The third-order valence-electron chi connectivity index (χ3n) is 7.01. The van der Waals surface area contributed by atoms with Crippen molar-refractivity contribution in [1.29, 1.82) is 0 Å². The van der Waals surface area contributed by atoms with Crippen LogP contribution in [0, 0.1) is 17.8 Å². The van der Waals surface area contributed by atoms with Gasteiger partial charge in [-0.3, -0.25) is 0 Å². The molecule has 3 aliphatic rings. The Bertz CT molecular complexity index is 365. The van der Waals surface area contributed by atoms with E-state index < -0.39 is 0 Å². The van der Waals surface area contributed by atoms with Gasteiger partial charge < -0.3 is 5.11 Å². The lowest BCUT2D eigenvalue weighted by molar-refractivity contribution is 0.274. The molecule has 3 aliphatic carbocycles. The van der Waals surface area contributed by atoms with Gasteiger partial charge in [-0.05, 0) is 55.4 Å². The molecule has 0 aromatic rings. The Morgan fingerprint density at radius 3 is 1.48 bits per heavy atom. The number of hydrogen-bond acceptors (Lipinski definition) is 1. The molecule has 3 saturated carbocycles. The molecule has 0 atom stereocenters. The predicted molar refractivity (Wildman–Crippen MR) is 98.5 cm³/mol. The standard InChI is InChI=1S/C22H38O/c23-17-22(20-14-8-3-9-15-20)21(19-12-6-2-7-13-19)16-18-10-4-1-5-11-18/h18-20,23H,1-17H2/b22-21-. The largest absolute Gasteiger partial charge is 0.392 e. The van der Waals surface area contributed by atoms with Crippen molar-refractivity contribution in [3.63, 3.8) is 0 Å². The Hall–Kier alpha value is -0.300. The molecule has 0 spiro atoms. The van der Waals surface area contributed by atoms with Crippen molar-refractivity contribution in [2.45, 2.75) is 103 Å². The second-order valence-electron chi connectivity index (χ2n) is 8.59. The fraction of sp³-hybridized carbons (Fsp3) is 0.909. The van der Waals surface area contributed by atoms with Crippen LogP contribution < -0.4 is 0 Å². The van der Waals surface area contributed by atoms with Crippen LogP contribution in [0.3, 0.4) is 0 Å². The first-order chi connectivity index (χ1) is 11.4. The first-order valence-electron chi connectivity index (χ1n) is 10.7. The number of aliphatic hydroxyl groups excluding tert-OH is 1. The van der Waals surface area contributed by atoms with Crippen LogP contribution in [0.5, 0.6) is 0 Å². The van der Waals surface area contributed by atoms with Crippen LogP contribution in [0.4, 0.5) is 0 Å². The molecule has 0 aromatic heterocycles. The molecule has 0 aliphatic heterocycles. The normalized spacial score (nSPS) is 27.0. The highest BCUT2D eigenvalue weighted by Gasteiger charge is 2.28. The first kappa shape index (κ1) is 17.5. The average Bonchev–Trinajstić information content (AvgIpc) is 2.64. The van der Waals surface area contributed by atoms with E-state index in [1.807, 2.05) is 0 Å². The Kier molecular flexibility index (Phi) is 7.05. The summed E-state index contributed by atoms with van der Waals surface area (Å²) in [6.07, 6.45) is 22.5. The molecule has 3 rings (SSSR count). The minimum absolute atomic E-state index is 0.350. The van der Waals surface area contributed by atoms with Gasteiger partial charge in [0.1, 0.15) is 0 Å². The Labute approximate surface area is 143 Å². The van der Waals surface area contributed by atoms with Crippen molar-refractivity contribution in [3.8, 4) is 0 Å². The minimum atomic E-state index is 0.350. The highest BCUT2D eigenvalue weighted by molar-refractivity contribution is 5.22. The van der Waals surface area contributed by atoms with E-state index in [1.165, 1.54) is 108 Å². The maximum Gasteiger partial charge on any atom is 0.0647 e. The van der Waals surface area contributed by atoms with Gasteiger partial charge in [-0.2, -0.15) is 0 Å². The lowest BCUT2D eigenvalue weighted by Crippen LogP contribution is -2.21. The predicted octanol–water partition coefficient (Wildman–Crippen LogP) is 6.41. The van der Waals surface area contributed by atoms with E-state index in [4.69, 9.17) is 0 Å². The molecule has 0 amide bonds. The Morgan fingerprint density at radius 1 is 0.565 bits per heavy atom. The molecule has 0 saturated heterocycles. The van der Waals surface area contributed by atoms with Crippen molar-refractivity contribution >= 4 is 0 Å². The lowest BCUT2D eigenvalue weighted by Gasteiger charge is -2.34. The van der Waals surface area contributed by atoms with Crippen LogP contribution in [-0.2, 0) is 0 Å². The summed E-state index contributed by atoms with van der Waals surface area (Å²) < 4.78 is 0. The summed E-state index contributed by atoms with van der Waals surface area (Å²) in [6.45, 7) is 0.350. The first-order valence-corrected chi connectivity index (χ1v) is 10.7. The summed E-state index contributed by atoms with van der Waals surface area (Å²) in [6, 6.07) is 0. The van der Waals surface area contributed by atoms with Gasteiger partial charge >= 0.3 is 0 Å². The molecular weight excluding hydrogens is 280 g/mol. The molecular formula is C22H38O. The summed E-state index contributed by atoms with van der Waals surface area (Å²) in [5, 5.41) is 10.3. The summed E-state index contributed by atoms with van der Waals surface area (Å²) in [5.41, 5.74) is 3.27. The zero-order valence-electron chi connectivity index (χ0n) is 15.2. The van der Waals surface area contributed by atoms with Crippen molar-refractivity contribution in [1.82, 2.24) is 0 Å². The van der Waals surface area contributed by atoms with E-state index in [1.54, 1.807) is 5.57 Å². The van der Waals surface area contributed by atoms with E-state index in [2.05, 4.69) is 0 Å². The van der Waals surface area contributed by atoms with Gasteiger partial charge in [-0.15, -0.1) is 0 Å². The van der Waals surface area contributed by atoms with Crippen molar-refractivity contribution in [2.75, 3.05) is 6.61 Å². The topological polar surface area (TPSA) is 20.2 Å². The zero-order chi connectivity index (χ0) is 15.9. The van der Waals surface area contributed by atoms with Gasteiger partial charge in [0.2, 0.25) is 0 Å². The molecule has 1 N–H and O–H groups in total. The number of hydrogen-bond donors (Lipinski definition) is 1. The van der Waals surface area contributed by atoms with Crippen LogP contribution in [0.1, 0.15) is 103 Å². The highest BCUT2D eigenvalue weighted by Crippen LogP contribution is 2.41. The minimum Gasteiger partial charge on any atom is -0.392 e. The van der Waals surface area contributed by atoms with E-state index >= 15 is 0 Å². The van der Waals surface area contributed by atoms with Gasteiger partial charge in [-0.1, -0.05) is 76.2 Å². The maximum atomic E-state index is 10.3. The van der Waals surface area contributed by atoms with Crippen molar-refractivity contribution < 1.29 is 5.11 Å². The third-order valence-corrected chi connectivity index (χ3v) is 7.01. The van der Waals surface area contributed by atoms with Crippen LogP contribution in [0.2, 0.25) is 0 Å². The van der Waals surface area contributed by atoms with Crippen LogP contribution in [0.15, 0.2) is 11.1 Å². The fourth-order valence-corrected chi connectivity index (χ4v) is 5.66. The fourth-order valence-electron chi connectivity index (χ4n) is 5.66. The van der Waals surface area contributed by atoms with Crippen LogP contribution in [0.25, 0.3) is 0 Å². The van der Waals surface area contributed by atoms with Crippen LogP contribution >= 0.6 is 0 Å². The monoisotopic (exact) mass is 318 g/mol. The van der Waals surface area contributed by atoms with E-state index in [-0.39, 0.29) is 0 Å². The Morgan fingerprint density at radius 2 is 1.00 bits per heavy atom. The van der Waals surface area contributed by atoms with E-state index in [9.17, 15) is 5.11 Å². The summed E-state index contributed by atoms with van der Waals surface area (Å²) in [5.74, 6) is 2.45. The summed E-state index contributed by atoms with van der Waals surface area (Å²) in [7, 11) is 0. The van der Waals surface area contributed by atoms with E-state index in [0.29, 0.717) is 12.5 Å². The maximum absolute atomic E-state index is 10.3. The molecule has 0 bridgehead atoms. The highest BCUT2D eigenvalue weighted by atomic mass is 16.3. The number of aliphatic hydroxyl groups is 1. The third kappa shape index (κ3) is 4.84. The second-order valence-corrected chi connectivity index (χ2v) is 8.59. The van der Waals surface area contributed by atoms with Crippen LogP contribution in [-0.4, -0.2) is 11.7 Å². The van der Waals surface area contributed by atoms with Gasteiger partial charge in [0.05, 0.1) is 6.61 Å². The van der Waals surface area contributed by atoms with Gasteiger partial charge in [0.25, 0.3) is 0 Å². The molecule has 0 heterocycles. The summed E-state index contributed by atoms with van der Waals surface area (Å²) >= 11 is 0. The molecule has 23 heavy (non-hydrogen) atoms. The number of rotatable bonds is 5. The molecule has 1 nitrogen and oxygen atoms in total. The van der Waals surface area contributed by atoms with Crippen molar-refractivity contribution in [2.24, 2.45) is 17.8 Å². The van der Waals surface area contributed by atoms with Crippen molar-refractivity contribution in [3.05, 3.63) is 11.1 Å². The molecule has 3 fully saturated rings. The molecule has 1 heteroatoms. The smallest absolute Gasteiger partial charge is 0.0647 e. The van der Waals surface area contributed by atoms with Gasteiger partial charge in [0.15, 0.2) is 0 Å². The quantitative estimate of drug-likeness (QED) is 0.581. The summed E-state index contributed by atoms with van der Waals surface area (Å²) in [4.78, 5) is 0. The number of allylic oxidation sites excluding steroid dienone is 1. The lowest BCUT2D eigenvalue weighted by atomic mass is 9.72. The van der Waals surface area contributed by atoms with E-state index in [0.717, 1.165) is 11.8 Å². The zero-order valence-corrected chi connectivity index (χ0v) is 15.2.